The number of ether oxygens (including phenoxy) is 3. The number of para-hydroxylation sites is 1. The molecule has 0 spiro atoms. The quantitative estimate of drug-likeness (QED) is 0.726. The fourth-order valence-corrected chi connectivity index (χ4v) is 2.55. The monoisotopic (exact) mass is 322 g/mol. The first kappa shape index (κ1) is 17.5. The van der Waals surface area contributed by atoms with Gasteiger partial charge in [0.1, 0.15) is 13.2 Å². The van der Waals surface area contributed by atoms with Crippen molar-refractivity contribution >= 4 is 5.76 Å². The molecule has 2 N–H and O–H groups in total. The van der Waals surface area contributed by atoms with Gasteiger partial charge in [-0.1, -0.05) is 32.8 Å². The Morgan fingerprint density at radius 2 is 2.13 bits per heavy atom. The van der Waals surface area contributed by atoms with Gasteiger partial charge in [0.15, 0.2) is 23.0 Å². The molecule has 0 fully saturated rings. The third kappa shape index (κ3) is 4.32. The third-order valence-electron chi connectivity index (χ3n) is 3.84. The summed E-state index contributed by atoms with van der Waals surface area (Å²) < 4.78 is 17.1. The Morgan fingerprint density at radius 3 is 2.83 bits per heavy atom. The average molecular weight is 322 g/mol. The maximum absolute atomic E-state index is 10.5. The van der Waals surface area contributed by atoms with Crippen LogP contribution in [-0.2, 0) is 4.74 Å². The van der Waals surface area contributed by atoms with Crippen molar-refractivity contribution in [3.05, 3.63) is 29.5 Å². The summed E-state index contributed by atoms with van der Waals surface area (Å²) in [6, 6.07) is 5.30. The summed E-state index contributed by atoms with van der Waals surface area (Å²) in [4.78, 5) is 0. The smallest absolute Gasteiger partial charge is 0.176 e. The van der Waals surface area contributed by atoms with Crippen molar-refractivity contribution in [3.63, 3.8) is 0 Å². The molecule has 128 valence electrons. The largest absolute Gasteiger partial charge is 0.504 e. The summed E-state index contributed by atoms with van der Waals surface area (Å²) in [6.07, 6.45) is 4.17. The van der Waals surface area contributed by atoms with Gasteiger partial charge in [-0.2, -0.15) is 0 Å². The van der Waals surface area contributed by atoms with Crippen molar-refractivity contribution in [2.24, 2.45) is 0 Å². The van der Waals surface area contributed by atoms with E-state index in [1.807, 2.05) is 0 Å². The average Bonchev–Trinajstić information content (AvgIpc) is 2.58. The second kappa shape index (κ2) is 8.67. The first-order valence-electron chi connectivity index (χ1n) is 8.29. The summed E-state index contributed by atoms with van der Waals surface area (Å²) in [6.45, 7) is 4.52. The van der Waals surface area contributed by atoms with Gasteiger partial charge in [-0.25, -0.2) is 0 Å². The molecule has 0 aliphatic carbocycles. The molecule has 5 nitrogen and oxygen atoms in total. The summed E-state index contributed by atoms with van der Waals surface area (Å²) in [5, 5.41) is 19.4. The van der Waals surface area contributed by atoms with Crippen LogP contribution < -0.4 is 9.47 Å². The number of hydrogen-bond donors (Lipinski definition) is 2. The van der Waals surface area contributed by atoms with Crippen molar-refractivity contribution in [3.8, 4) is 11.5 Å². The molecule has 1 unspecified atom stereocenters. The zero-order valence-corrected chi connectivity index (χ0v) is 13.9. The Labute approximate surface area is 137 Å². The van der Waals surface area contributed by atoms with Crippen LogP contribution in [0.2, 0.25) is 0 Å². The maximum atomic E-state index is 10.5. The van der Waals surface area contributed by atoms with Gasteiger partial charge in [-0.15, -0.1) is 0 Å². The second-order valence-electron chi connectivity index (χ2n) is 5.56. The van der Waals surface area contributed by atoms with E-state index in [4.69, 9.17) is 19.3 Å². The van der Waals surface area contributed by atoms with Crippen LogP contribution >= 0.6 is 0 Å². The number of benzene rings is 1. The lowest BCUT2D eigenvalue weighted by atomic mass is 10.1. The maximum Gasteiger partial charge on any atom is 0.176 e. The number of aliphatic hydroxyl groups is 2. The minimum Gasteiger partial charge on any atom is -0.504 e. The van der Waals surface area contributed by atoms with Crippen molar-refractivity contribution in [2.45, 2.75) is 45.6 Å². The highest BCUT2D eigenvalue weighted by Crippen LogP contribution is 2.39. The van der Waals surface area contributed by atoms with Crippen LogP contribution in [-0.4, -0.2) is 36.1 Å². The molecular weight excluding hydrogens is 296 g/mol. The standard InChI is InChI=1S/C18H26O5/c1-3-5-7-13(4-2)23-16-12-22-18-14(17(16)20)8-6-9-15(18)21-11-10-19/h6,8-9,13,19-20H,3-5,7,10-12H2,1-2H3. The van der Waals surface area contributed by atoms with Crippen LogP contribution in [0.4, 0.5) is 0 Å². The lowest BCUT2D eigenvalue weighted by Gasteiger charge is -2.26. The van der Waals surface area contributed by atoms with Gasteiger partial charge in [-0.3, -0.25) is 0 Å². The van der Waals surface area contributed by atoms with Crippen LogP contribution in [0.15, 0.2) is 24.0 Å². The molecule has 1 atom stereocenters. The molecular formula is C18H26O5. The van der Waals surface area contributed by atoms with Gasteiger partial charge < -0.3 is 24.4 Å². The highest BCUT2D eigenvalue weighted by atomic mass is 16.6. The van der Waals surface area contributed by atoms with Crippen molar-refractivity contribution in [2.75, 3.05) is 19.8 Å². The minimum atomic E-state index is -0.0739. The van der Waals surface area contributed by atoms with Crippen molar-refractivity contribution in [1.29, 1.82) is 0 Å². The number of unbranched alkanes of at least 4 members (excludes halogenated alkanes) is 1. The molecule has 1 heterocycles. The number of fused-ring (bicyclic) bond motifs is 1. The second-order valence-corrected chi connectivity index (χ2v) is 5.56. The van der Waals surface area contributed by atoms with Gasteiger partial charge in [0.05, 0.1) is 18.3 Å². The fourth-order valence-electron chi connectivity index (χ4n) is 2.55. The molecule has 1 aromatic rings. The van der Waals surface area contributed by atoms with Crippen LogP contribution in [0, 0.1) is 0 Å². The first-order valence-corrected chi connectivity index (χ1v) is 8.29. The first-order chi connectivity index (χ1) is 11.2. The van der Waals surface area contributed by atoms with E-state index in [2.05, 4.69) is 13.8 Å². The molecule has 0 saturated carbocycles. The highest BCUT2D eigenvalue weighted by Gasteiger charge is 2.25. The normalized spacial score (nSPS) is 14.9. The predicted octanol–water partition coefficient (Wildman–Crippen LogP) is 3.66. The molecule has 0 radical (unpaired) electrons. The van der Waals surface area contributed by atoms with E-state index in [1.54, 1.807) is 18.2 Å². The van der Waals surface area contributed by atoms with Crippen molar-refractivity contribution in [1.82, 2.24) is 0 Å². The fraction of sp³-hybridized carbons (Fsp3) is 0.556. The zero-order chi connectivity index (χ0) is 16.7. The Balaban J connectivity index is 2.18. The number of hydrogen-bond acceptors (Lipinski definition) is 5. The Morgan fingerprint density at radius 1 is 1.30 bits per heavy atom. The van der Waals surface area contributed by atoms with Gasteiger partial charge >= 0.3 is 0 Å². The highest BCUT2D eigenvalue weighted by molar-refractivity contribution is 5.71. The van der Waals surface area contributed by atoms with Crippen LogP contribution in [0.25, 0.3) is 5.76 Å². The van der Waals surface area contributed by atoms with E-state index in [-0.39, 0.29) is 31.7 Å². The lowest BCUT2D eigenvalue weighted by molar-refractivity contribution is 0.0751. The van der Waals surface area contributed by atoms with E-state index in [9.17, 15) is 5.11 Å². The predicted molar refractivity (Wildman–Crippen MR) is 88.8 cm³/mol. The lowest BCUT2D eigenvalue weighted by Crippen LogP contribution is -2.20. The molecule has 23 heavy (non-hydrogen) atoms. The van der Waals surface area contributed by atoms with Crippen LogP contribution in [0.1, 0.15) is 45.1 Å². The van der Waals surface area contributed by atoms with E-state index < -0.39 is 0 Å². The summed E-state index contributed by atoms with van der Waals surface area (Å²) in [7, 11) is 0. The van der Waals surface area contributed by atoms with E-state index in [0.717, 1.165) is 25.7 Å². The third-order valence-corrected chi connectivity index (χ3v) is 3.84. The van der Waals surface area contributed by atoms with E-state index >= 15 is 0 Å². The number of aliphatic hydroxyl groups excluding tert-OH is 2. The van der Waals surface area contributed by atoms with Gasteiger partial charge in [0, 0.05) is 0 Å². The topological polar surface area (TPSA) is 68.2 Å². The summed E-state index contributed by atoms with van der Waals surface area (Å²) >= 11 is 0. The molecule has 0 aromatic heterocycles. The van der Waals surface area contributed by atoms with Crippen LogP contribution in [0.5, 0.6) is 11.5 Å². The van der Waals surface area contributed by atoms with Crippen LogP contribution in [0.3, 0.4) is 0 Å². The summed E-state index contributed by atoms with van der Waals surface area (Å²) in [5.41, 5.74) is 0.562. The Bertz CT molecular complexity index is 538. The SMILES string of the molecule is CCCCC(CC)OC1=C(O)c2cccc(OCCO)c2OC1. The molecule has 1 aliphatic heterocycles. The molecule has 1 aliphatic rings. The molecule has 1 aromatic carbocycles. The molecule has 0 amide bonds. The Kier molecular flexibility index (Phi) is 6.59. The molecule has 5 heteroatoms. The molecule has 0 bridgehead atoms. The molecule has 0 saturated heterocycles. The van der Waals surface area contributed by atoms with E-state index in [0.29, 0.717) is 22.8 Å². The summed E-state index contributed by atoms with van der Waals surface area (Å²) in [5.74, 6) is 1.59. The van der Waals surface area contributed by atoms with Gasteiger partial charge in [-0.05, 0) is 25.0 Å². The van der Waals surface area contributed by atoms with E-state index in [1.165, 1.54) is 0 Å². The minimum absolute atomic E-state index is 0.0739. The van der Waals surface area contributed by atoms with Gasteiger partial charge in [0.25, 0.3) is 0 Å². The molecule has 2 rings (SSSR count). The Hall–Kier alpha value is -1.88. The zero-order valence-electron chi connectivity index (χ0n) is 13.9. The van der Waals surface area contributed by atoms with Crippen molar-refractivity contribution < 1.29 is 24.4 Å². The number of rotatable bonds is 9. The van der Waals surface area contributed by atoms with Gasteiger partial charge in [0.2, 0.25) is 0 Å².